The summed E-state index contributed by atoms with van der Waals surface area (Å²) in [6.07, 6.45) is 1.78. The first-order valence-electron chi connectivity index (χ1n) is 8.86. The molecule has 0 heterocycles. The zero-order chi connectivity index (χ0) is 19.1. The van der Waals surface area contributed by atoms with Crippen LogP contribution in [0.25, 0.3) is 0 Å². The van der Waals surface area contributed by atoms with E-state index in [0.29, 0.717) is 6.61 Å². The topological polar surface area (TPSA) is 42.8 Å². The van der Waals surface area contributed by atoms with Gasteiger partial charge in [0, 0.05) is 5.56 Å². The van der Waals surface area contributed by atoms with Gasteiger partial charge in [-0.05, 0) is 73.0 Å². The lowest BCUT2D eigenvalue weighted by Crippen LogP contribution is -2.01. The van der Waals surface area contributed by atoms with Gasteiger partial charge in [-0.1, -0.05) is 24.3 Å². The van der Waals surface area contributed by atoms with Gasteiger partial charge in [-0.2, -0.15) is 5.10 Å². The average molecular weight is 360 g/mol. The van der Waals surface area contributed by atoms with Crippen molar-refractivity contribution >= 4 is 11.9 Å². The number of nitrogens with zero attached hydrogens (tertiary/aromatic N) is 1. The molecule has 0 aliphatic rings. The molecule has 0 radical (unpaired) electrons. The molecule has 0 bridgehead atoms. The number of hydrogen-bond acceptors (Lipinski definition) is 4. The van der Waals surface area contributed by atoms with Gasteiger partial charge in [0.15, 0.2) is 0 Å². The van der Waals surface area contributed by atoms with Crippen LogP contribution in [0.3, 0.4) is 0 Å². The second kappa shape index (κ2) is 8.90. The number of benzene rings is 3. The van der Waals surface area contributed by atoms with Crippen LogP contribution < -0.4 is 14.9 Å². The summed E-state index contributed by atoms with van der Waals surface area (Å²) in [6.45, 7) is 4.56. The van der Waals surface area contributed by atoms with Crippen LogP contribution in [0.4, 0.5) is 5.69 Å². The first kappa shape index (κ1) is 18.5. The molecule has 1 N–H and O–H groups in total. The zero-order valence-electron chi connectivity index (χ0n) is 15.9. The third kappa shape index (κ3) is 5.35. The van der Waals surface area contributed by atoms with Gasteiger partial charge in [0.05, 0.1) is 19.0 Å². The van der Waals surface area contributed by atoms with Crippen molar-refractivity contribution in [2.45, 2.75) is 20.5 Å². The van der Waals surface area contributed by atoms with Gasteiger partial charge in [0.2, 0.25) is 0 Å². The molecule has 0 aliphatic carbocycles. The van der Waals surface area contributed by atoms with Gasteiger partial charge >= 0.3 is 0 Å². The lowest BCUT2D eigenvalue weighted by atomic mass is 10.1. The molecule has 0 unspecified atom stereocenters. The molecule has 0 fully saturated rings. The normalized spacial score (nSPS) is 10.8. The number of aryl methyl sites for hydroxylation is 2. The Kier molecular flexibility index (Phi) is 6.10. The van der Waals surface area contributed by atoms with Crippen molar-refractivity contribution in [2.75, 3.05) is 12.5 Å². The summed E-state index contributed by atoms with van der Waals surface area (Å²) in [5, 5.41) is 4.29. The van der Waals surface area contributed by atoms with E-state index in [0.717, 1.165) is 28.3 Å². The maximum Gasteiger partial charge on any atom is 0.125 e. The Morgan fingerprint density at radius 3 is 2.37 bits per heavy atom. The molecule has 4 heteroatoms. The molecular formula is C23H24N2O2. The highest BCUT2D eigenvalue weighted by Crippen LogP contribution is 2.23. The monoisotopic (exact) mass is 360 g/mol. The lowest BCUT2D eigenvalue weighted by Gasteiger charge is -2.12. The molecule has 3 aromatic rings. The summed E-state index contributed by atoms with van der Waals surface area (Å²) in [5.41, 5.74) is 8.28. The van der Waals surface area contributed by atoms with Gasteiger partial charge in [-0.15, -0.1) is 0 Å². The molecule has 0 aliphatic heterocycles. The van der Waals surface area contributed by atoms with Crippen molar-refractivity contribution in [3.05, 3.63) is 89.0 Å². The zero-order valence-corrected chi connectivity index (χ0v) is 15.9. The number of methoxy groups -OCH3 is 1. The van der Waals surface area contributed by atoms with Crippen molar-refractivity contribution in [1.29, 1.82) is 0 Å². The molecular weight excluding hydrogens is 336 g/mol. The minimum absolute atomic E-state index is 0.430. The molecule has 0 amide bonds. The van der Waals surface area contributed by atoms with Crippen LogP contribution >= 0.6 is 0 Å². The smallest absolute Gasteiger partial charge is 0.125 e. The standard InChI is InChI=1S/C23H24N2O2/c1-17-11-18(2)13-22(12-17)27-16-20-14-19(9-10-23(20)26-3)15-24-25-21-7-5-4-6-8-21/h4-15,25H,16H2,1-3H3. The van der Waals surface area contributed by atoms with E-state index < -0.39 is 0 Å². The Morgan fingerprint density at radius 2 is 1.67 bits per heavy atom. The number of hydrogen-bond donors (Lipinski definition) is 1. The van der Waals surface area contributed by atoms with E-state index in [1.807, 2.05) is 60.7 Å². The van der Waals surface area contributed by atoms with E-state index >= 15 is 0 Å². The summed E-state index contributed by atoms with van der Waals surface area (Å²) < 4.78 is 11.5. The fourth-order valence-corrected chi connectivity index (χ4v) is 2.86. The van der Waals surface area contributed by atoms with E-state index in [9.17, 15) is 0 Å². The molecule has 138 valence electrons. The molecule has 3 rings (SSSR count). The Balaban J connectivity index is 1.71. The van der Waals surface area contributed by atoms with Gasteiger partial charge in [0.1, 0.15) is 18.1 Å². The van der Waals surface area contributed by atoms with Crippen LogP contribution in [-0.2, 0) is 6.61 Å². The number of ether oxygens (including phenoxy) is 2. The van der Waals surface area contributed by atoms with Crippen LogP contribution in [0, 0.1) is 13.8 Å². The molecule has 0 atom stereocenters. The Morgan fingerprint density at radius 1 is 0.926 bits per heavy atom. The molecule has 0 spiro atoms. The lowest BCUT2D eigenvalue weighted by molar-refractivity contribution is 0.296. The number of anilines is 1. The van der Waals surface area contributed by atoms with Crippen LogP contribution in [-0.4, -0.2) is 13.3 Å². The molecule has 0 aromatic heterocycles. The summed E-state index contributed by atoms with van der Waals surface area (Å²) in [6, 6.07) is 22.0. The van der Waals surface area contributed by atoms with Crippen molar-refractivity contribution in [2.24, 2.45) is 5.10 Å². The van der Waals surface area contributed by atoms with Gasteiger partial charge in [-0.3, -0.25) is 5.43 Å². The van der Waals surface area contributed by atoms with Crippen molar-refractivity contribution < 1.29 is 9.47 Å². The number of hydrazone groups is 1. The predicted molar refractivity (Wildman–Crippen MR) is 111 cm³/mol. The Labute approximate surface area is 160 Å². The van der Waals surface area contributed by atoms with Gasteiger partial charge < -0.3 is 9.47 Å². The van der Waals surface area contributed by atoms with Crippen molar-refractivity contribution in [3.8, 4) is 11.5 Å². The number of nitrogens with one attached hydrogen (secondary N) is 1. The van der Waals surface area contributed by atoms with Crippen molar-refractivity contribution in [3.63, 3.8) is 0 Å². The highest BCUT2D eigenvalue weighted by molar-refractivity contribution is 5.81. The quantitative estimate of drug-likeness (QED) is 0.457. The molecule has 0 saturated heterocycles. The fourth-order valence-electron chi connectivity index (χ4n) is 2.86. The van der Waals surface area contributed by atoms with E-state index in [4.69, 9.17) is 9.47 Å². The SMILES string of the molecule is COc1ccc(C=NNc2ccccc2)cc1COc1cc(C)cc(C)c1. The summed E-state index contributed by atoms with van der Waals surface area (Å²) in [5.74, 6) is 1.66. The van der Waals surface area contributed by atoms with Crippen molar-refractivity contribution in [1.82, 2.24) is 0 Å². The predicted octanol–water partition coefficient (Wildman–Crippen LogP) is 5.34. The second-order valence-corrected chi connectivity index (χ2v) is 6.42. The summed E-state index contributed by atoms with van der Waals surface area (Å²) >= 11 is 0. The van der Waals surface area contributed by atoms with Crippen LogP contribution in [0.5, 0.6) is 11.5 Å². The number of para-hydroxylation sites is 1. The minimum atomic E-state index is 0.430. The largest absolute Gasteiger partial charge is 0.496 e. The second-order valence-electron chi connectivity index (χ2n) is 6.42. The van der Waals surface area contributed by atoms with Gasteiger partial charge in [0.25, 0.3) is 0 Å². The van der Waals surface area contributed by atoms with Gasteiger partial charge in [-0.25, -0.2) is 0 Å². The highest BCUT2D eigenvalue weighted by Gasteiger charge is 2.06. The third-order valence-corrected chi connectivity index (χ3v) is 4.08. The molecule has 4 nitrogen and oxygen atoms in total. The van der Waals surface area contributed by atoms with Crippen LogP contribution in [0.15, 0.2) is 71.8 Å². The third-order valence-electron chi connectivity index (χ3n) is 4.08. The van der Waals surface area contributed by atoms with Crippen LogP contribution in [0.1, 0.15) is 22.3 Å². The Hall–Kier alpha value is -3.27. The first-order valence-corrected chi connectivity index (χ1v) is 8.86. The maximum atomic E-state index is 5.98. The van der Waals surface area contributed by atoms with Crippen LogP contribution in [0.2, 0.25) is 0 Å². The minimum Gasteiger partial charge on any atom is -0.496 e. The van der Waals surface area contributed by atoms with E-state index in [1.54, 1.807) is 13.3 Å². The first-order chi connectivity index (χ1) is 13.1. The van der Waals surface area contributed by atoms with E-state index in [2.05, 4.69) is 30.4 Å². The summed E-state index contributed by atoms with van der Waals surface area (Å²) in [4.78, 5) is 0. The van der Waals surface area contributed by atoms with E-state index in [-0.39, 0.29) is 0 Å². The number of rotatable bonds is 7. The summed E-state index contributed by atoms with van der Waals surface area (Å²) in [7, 11) is 1.67. The fraction of sp³-hybridized carbons (Fsp3) is 0.174. The average Bonchev–Trinajstić information content (AvgIpc) is 2.66. The molecule has 27 heavy (non-hydrogen) atoms. The molecule has 3 aromatic carbocycles. The van der Waals surface area contributed by atoms with E-state index in [1.165, 1.54) is 11.1 Å². The molecule has 0 saturated carbocycles. The highest BCUT2D eigenvalue weighted by atomic mass is 16.5. The Bertz CT molecular complexity index is 901. The maximum absolute atomic E-state index is 5.98.